The molecular weight excluding hydrogens is 403 g/mol. The van der Waals surface area contributed by atoms with Crippen molar-refractivity contribution in [1.82, 2.24) is 19.2 Å². The molecule has 2 aromatic carbocycles. The molecule has 5 aromatic rings. The van der Waals surface area contributed by atoms with Crippen LogP contribution in [0.15, 0.2) is 79.1 Å². The van der Waals surface area contributed by atoms with Crippen molar-refractivity contribution in [2.45, 2.75) is 6.92 Å². The molecular formula is C23H16Cl2N4. The minimum atomic E-state index is 0.678. The highest BCUT2D eigenvalue weighted by Gasteiger charge is 2.18. The Balaban J connectivity index is 1.85. The van der Waals surface area contributed by atoms with Crippen LogP contribution in [0.1, 0.15) is 5.69 Å². The third kappa shape index (κ3) is 3.20. The van der Waals surface area contributed by atoms with Gasteiger partial charge in [0, 0.05) is 39.6 Å². The zero-order valence-electron chi connectivity index (χ0n) is 15.6. The summed E-state index contributed by atoms with van der Waals surface area (Å²) in [7, 11) is 0. The van der Waals surface area contributed by atoms with E-state index in [4.69, 9.17) is 33.3 Å². The maximum absolute atomic E-state index is 6.27. The number of benzene rings is 2. The number of aromatic nitrogens is 4. The van der Waals surface area contributed by atoms with E-state index in [1.54, 1.807) is 0 Å². The molecule has 0 saturated heterocycles. The average molecular weight is 419 g/mol. The topological polar surface area (TPSA) is 35.1 Å². The highest BCUT2D eigenvalue weighted by Crippen LogP contribution is 2.32. The number of fused-ring (bicyclic) bond motifs is 1. The Morgan fingerprint density at radius 1 is 0.793 bits per heavy atom. The lowest BCUT2D eigenvalue weighted by Gasteiger charge is -2.10. The molecule has 0 aliphatic rings. The summed E-state index contributed by atoms with van der Waals surface area (Å²) >= 11 is 12.4. The van der Waals surface area contributed by atoms with Crippen molar-refractivity contribution in [3.8, 4) is 28.2 Å². The molecule has 0 aliphatic carbocycles. The van der Waals surface area contributed by atoms with Gasteiger partial charge in [-0.05, 0) is 48.9 Å². The third-order valence-electron chi connectivity index (χ3n) is 4.87. The molecule has 0 saturated carbocycles. The van der Waals surface area contributed by atoms with E-state index in [2.05, 4.69) is 0 Å². The highest BCUT2D eigenvalue weighted by molar-refractivity contribution is 6.31. The molecule has 0 spiro atoms. The number of halogens is 2. The predicted octanol–water partition coefficient (Wildman–Crippen LogP) is 6.47. The van der Waals surface area contributed by atoms with Crippen LogP contribution >= 0.6 is 23.2 Å². The second-order valence-corrected chi connectivity index (χ2v) is 7.68. The van der Waals surface area contributed by atoms with Crippen LogP contribution in [0, 0.1) is 6.92 Å². The Labute approximate surface area is 178 Å². The Morgan fingerprint density at radius 2 is 1.55 bits per heavy atom. The van der Waals surface area contributed by atoms with Crippen molar-refractivity contribution >= 4 is 28.8 Å². The summed E-state index contributed by atoms with van der Waals surface area (Å²) in [6, 6.07) is 21.5. The van der Waals surface area contributed by atoms with Gasteiger partial charge in [-0.25, -0.2) is 9.50 Å². The van der Waals surface area contributed by atoms with Gasteiger partial charge in [0.15, 0.2) is 5.65 Å². The molecule has 0 fully saturated rings. The number of hydrogen-bond acceptors (Lipinski definition) is 2. The normalized spacial score (nSPS) is 11.3. The van der Waals surface area contributed by atoms with Gasteiger partial charge in [-0.2, -0.15) is 5.10 Å². The Morgan fingerprint density at radius 3 is 2.28 bits per heavy atom. The summed E-state index contributed by atoms with van der Waals surface area (Å²) in [6.45, 7) is 2.00. The van der Waals surface area contributed by atoms with Crippen molar-refractivity contribution in [3.63, 3.8) is 0 Å². The monoisotopic (exact) mass is 418 g/mol. The molecule has 3 heterocycles. The van der Waals surface area contributed by atoms with Gasteiger partial charge < -0.3 is 4.57 Å². The molecule has 0 bridgehead atoms. The fourth-order valence-electron chi connectivity index (χ4n) is 3.54. The first-order chi connectivity index (χ1) is 14.1. The first-order valence-electron chi connectivity index (χ1n) is 9.16. The molecule has 6 heteroatoms. The van der Waals surface area contributed by atoms with Crippen LogP contribution in [-0.4, -0.2) is 19.2 Å². The van der Waals surface area contributed by atoms with Gasteiger partial charge in [0.25, 0.3) is 0 Å². The largest absolute Gasteiger partial charge is 0.309 e. The number of nitrogens with zero attached hydrogens (tertiary/aromatic N) is 4. The molecule has 0 aliphatic heterocycles. The molecule has 0 radical (unpaired) electrons. The van der Waals surface area contributed by atoms with Crippen molar-refractivity contribution in [1.29, 1.82) is 0 Å². The van der Waals surface area contributed by atoms with Gasteiger partial charge >= 0.3 is 0 Å². The molecule has 4 nitrogen and oxygen atoms in total. The molecule has 29 heavy (non-hydrogen) atoms. The average Bonchev–Trinajstić information content (AvgIpc) is 3.35. The minimum absolute atomic E-state index is 0.678. The van der Waals surface area contributed by atoms with Gasteiger partial charge in [-0.15, -0.1) is 0 Å². The second kappa shape index (κ2) is 7.07. The summed E-state index contributed by atoms with van der Waals surface area (Å²) in [5, 5.41) is 6.18. The van der Waals surface area contributed by atoms with Crippen molar-refractivity contribution in [2.24, 2.45) is 0 Å². The van der Waals surface area contributed by atoms with Gasteiger partial charge in [0.05, 0.1) is 11.4 Å². The quantitative estimate of drug-likeness (QED) is 0.336. The third-order valence-corrected chi connectivity index (χ3v) is 5.36. The van der Waals surface area contributed by atoms with Gasteiger partial charge in [-0.1, -0.05) is 47.5 Å². The number of aryl methyl sites for hydroxylation is 1. The molecule has 5 rings (SSSR count). The lowest BCUT2D eigenvalue weighted by molar-refractivity contribution is 0.905. The maximum atomic E-state index is 6.27. The number of hydrogen-bond donors (Lipinski definition) is 0. The van der Waals surface area contributed by atoms with Gasteiger partial charge in [0.1, 0.15) is 5.82 Å². The standard InChI is InChI=1S/C23H16Cl2N4/c1-15-22(16-7-9-18(24)10-8-16)23-26-21(28-11-2-3-12-28)14-20(29(23)27-15)17-5-4-6-19(25)13-17/h2-14H,1H3. The van der Waals surface area contributed by atoms with Crippen LogP contribution in [0.5, 0.6) is 0 Å². The zero-order valence-corrected chi connectivity index (χ0v) is 17.1. The van der Waals surface area contributed by atoms with Crippen LogP contribution in [0.3, 0.4) is 0 Å². The lowest BCUT2D eigenvalue weighted by atomic mass is 10.1. The Kier molecular flexibility index (Phi) is 4.38. The van der Waals surface area contributed by atoms with Gasteiger partial charge in [-0.3, -0.25) is 0 Å². The van der Waals surface area contributed by atoms with Crippen LogP contribution in [0.4, 0.5) is 0 Å². The lowest BCUT2D eigenvalue weighted by Crippen LogP contribution is -2.02. The molecule has 0 unspecified atom stereocenters. The molecule has 0 N–H and O–H groups in total. The molecule has 3 aromatic heterocycles. The minimum Gasteiger partial charge on any atom is -0.309 e. The summed E-state index contributed by atoms with van der Waals surface area (Å²) in [4.78, 5) is 4.94. The van der Waals surface area contributed by atoms with E-state index in [0.717, 1.165) is 39.5 Å². The van der Waals surface area contributed by atoms with Gasteiger partial charge in [0.2, 0.25) is 0 Å². The van der Waals surface area contributed by atoms with E-state index in [-0.39, 0.29) is 0 Å². The fourth-order valence-corrected chi connectivity index (χ4v) is 3.85. The van der Waals surface area contributed by atoms with Crippen molar-refractivity contribution in [3.05, 3.63) is 94.9 Å². The summed E-state index contributed by atoms with van der Waals surface area (Å²) in [6.07, 6.45) is 3.96. The summed E-state index contributed by atoms with van der Waals surface area (Å²) in [5.74, 6) is 0.813. The summed E-state index contributed by atoms with van der Waals surface area (Å²) < 4.78 is 3.87. The van der Waals surface area contributed by atoms with E-state index in [1.807, 2.05) is 95.1 Å². The zero-order chi connectivity index (χ0) is 20.0. The van der Waals surface area contributed by atoms with E-state index >= 15 is 0 Å². The van der Waals surface area contributed by atoms with Crippen LogP contribution in [0.25, 0.3) is 33.8 Å². The summed E-state index contributed by atoms with van der Waals surface area (Å²) in [5.41, 5.74) is 5.58. The van der Waals surface area contributed by atoms with Crippen molar-refractivity contribution < 1.29 is 0 Å². The molecule has 0 atom stereocenters. The maximum Gasteiger partial charge on any atom is 0.166 e. The van der Waals surface area contributed by atoms with Crippen molar-refractivity contribution in [2.75, 3.05) is 0 Å². The number of rotatable bonds is 3. The predicted molar refractivity (Wildman–Crippen MR) is 118 cm³/mol. The van der Waals surface area contributed by atoms with E-state index in [0.29, 0.717) is 10.0 Å². The first kappa shape index (κ1) is 18.0. The van der Waals surface area contributed by atoms with E-state index in [9.17, 15) is 0 Å². The fraction of sp³-hybridized carbons (Fsp3) is 0.0435. The Bertz CT molecular complexity index is 1320. The van der Waals surface area contributed by atoms with Crippen LogP contribution in [-0.2, 0) is 0 Å². The van der Waals surface area contributed by atoms with E-state index in [1.165, 1.54) is 0 Å². The smallest absolute Gasteiger partial charge is 0.166 e. The first-order valence-corrected chi connectivity index (χ1v) is 9.91. The second-order valence-electron chi connectivity index (χ2n) is 6.80. The molecule has 142 valence electrons. The van der Waals surface area contributed by atoms with Crippen LogP contribution in [0.2, 0.25) is 10.0 Å². The highest BCUT2D eigenvalue weighted by atomic mass is 35.5. The SMILES string of the molecule is Cc1nn2c(-c3cccc(Cl)c3)cc(-n3cccc3)nc2c1-c1ccc(Cl)cc1. The Hall–Kier alpha value is -3.08. The molecule has 0 amide bonds. The van der Waals surface area contributed by atoms with Crippen LogP contribution < -0.4 is 0 Å². The van der Waals surface area contributed by atoms with E-state index < -0.39 is 0 Å².